The van der Waals surface area contributed by atoms with E-state index in [1.165, 1.54) is 11.8 Å². The van der Waals surface area contributed by atoms with E-state index in [0.29, 0.717) is 35.3 Å². The Morgan fingerprint density at radius 3 is 2.65 bits per heavy atom. The van der Waals surface area contributed by atoms with Crippen LogP contribution in [0.5, 0.6) is 0 Å². The molecular weight excluding hydrogens is 372 g/mol. The molecule has 0 bridgehead atoms. The van der Waals surface area contributed by atoms with Crippen LogP contribution in [-0.4, -0.2) is 34.4 Å². The van der Waals surface area contributed by atoms with Gasteiger partial charge in [-0.2, -0.15) is 5.10 Å². The van der Waals surface area contributed by atoms with Crippen LogP contribution in [0.1, 0.15) is 41.6 Å². The van der Waals surface area contributed by atoms with Crippen molar-refractivity contribution in [3.63, 3.8) is 0 Å². The van der Waals surface area contributed by atoms with Gasteiger partial charge in [-0.3, -0.25) is 14.3 Å². The topological polar surface area (TPSA) is 76.0 Å². The van der Waals surface area contributed by atoms with E-state index < -0.39 is 0 Å². The predicted molar refractivity (Wildman–Crippen MR) is 106 cm³/mol. The van der Waals surface area contributed by atoms with Crippen molar-refractivity contribution in [2.75, 3.05) is 18.1 Å². The standard InChI is InChI=1S/C18H23ClN4O2S/c1-5-23-10-15(16(22-23)18(25)20-9-11(2)3)21-17(24)13-8-12(26-4)6-7-14(13)19/h6-8,10-11H,5,9H2,1-4H3,(H,20,25)(H,21,24). The fourth-order valence-corrected chi connectivity index (χ4v) is 2.86. The summed E-state index contributed by atoms with van der Waals surface area (Å²) >= 11 is 7.68. The average molecular weight is 395 g/mol. The second-order valence-electron chi connectivity index (χ2n) is 6.15. The lowest BCUT2D eigenvalue weighted by Gasteiger charge is -2.09. The number of hydrogen-bond donors (Lipinski definition) is 2. The number of carbonyl (C=O) groups is 2. The first kappa shape index (κ1) is 20.3. The monoisotopic (exact) mass is 394 g/mol. The molecular formula is C18H23ClN4O2S. The van der Waals surface area contributed by atoms with Gasteiger partial charge in [0.05, 0.1) is 16.3 Å². The minimum absolute atomic E-state index is 0.193. The number of rotatable bonds is 7. The van der Waals surface area contributed by atoms with E-state index in [1.54, 1.807) is 23.0 Å². The van der Waals surface area contributed by atoms with Crippen LogP contribution in [0.2, 0.25) is 5.02 Å². The molecule has 2 aromatic rings. The van der Waals surface area contributed by atoms with Crippen molar-refractivity contribution in [3.05, 3.63) is 40.7 Å². The first-order valence-corrected chi connectivity index (χ1v) is 9.96. The Labute approximate surface area is 162 Å². The molecule has 0 saturated heterocycles. The minimum atomic E-state index is -0.375. The molecule has 2 N–H and O–H groups in total. The number of benzene rings is 1. The maximum Gasteiger partial charge on any atom is 0.273 e. The molecule has 0 spiro atoms. The second-order valence-corrected chi connectivity index (χ2v) is 7.44. The van der Waals surface area contributed by atoms with Gasteiger partial charge in [-0.1, -0.05) is 25.4 Å². The maximum absolute atomic E-state index is 12.7. The van der Waals surface area contributed by atoms with Crippen LogP contribution in [0.25, 0.3) is 0 Å². The quantitative estimate of drug-likeness (QED) is 0.698. The van der Waals surface area contributed by atoms with Crippen LogP contribution in [0, 0.1) is 5.92 Å². The van der Waals surface area contributed by atoms with Crippen LogP contribution in [0.4, 0.5) is 5.69 Å². The number of nitrogens with zero attached hydrogens (tertiary/aromatic N) is 2. The van der Waals surface area contributed by atoms with Crippen molar-refractivity contribution in [3.8, 4) is 0 Å². The van der Waals surface area contributed by atoms with Gasteiger partial charge in [0.25, 0.3) is 11.8 Å². The highest BCUT2D eigenvalue weighted by atomic mass is 35.5. The lowest BCUT2D eigenvalue weighted by atomic mass is 10.2. The molecule has 26 heavy (non-hydrogen) atoms. The van der Waals surface area contributed by atoms with Crippen LogP contribution in [-0.2, 0) is 6.54 Å². The molecule has 1 heterocycles. The fraction of sp³-hybridized carbons (Fsp3) is 0.389. The lowest BCUT2D eigenvalue weighted by Crippen LogP contribution is -2.28. The summed E-state index contributed by atoms with van der Waals surface area (Å²) in [6.07, 6.45) is 3.57. The zero-order valence-corrected chi connectivity index (χ0v) is 16.9. The van der Waals surface area contributed by atoms with E-state index in [9.17, 15) is 9.59 Å². The van der Waals surface area contributed by atoms with Crippen LogP contribution in [0.3, 0.4) is 0 Å². The maximum atomic E-state index is 12.7. The fourth-order valence-electron chi connectivity index (χ4n) is 2.22. The smallest absolute Gasteiger partial charge is 0.273 e. The number of hydrogen-bond acceptors (Lipinski definition) is 4. The number of anilines is 1. The molecule has 2 amide bonds. The third-order valence-corrected chi connectivity index (χ3v) is 4.69. The zero-order valence-electron chi connectivity index (χ0n) is 15.3. The van der Waals surface area contributed by atoms with E-state index >= 15 is 0 Å². The number of nitrogens with one attached hydrogen (secondary N) is 2. The normalized spacial score (nSPS) is 10.8. The van der Waals surface area contributed by atoms with E-state index in [2.05, 4.69) is 15.7 Å². The number of amides is 2. The Kier molecular flexibility index (Phi) is 7.11. The van der Waals surface area contributed by atoms with Gasteiger partial charge >= 0.3 is 0 Å². The first-order valence-electron chi connectivity index (χ1n) is 8.36. The predicted octanol–water partition coefficient (Wildman–Crippen LogP) is 3.92. The summed E-state index contributed by atoms with van der Waals surface area (Å²) in [5.74, 6) is -0.372. The van der Waals surface area contributed by atoms with E-state index in [4.69, 9.17) is 11.6 Å². The third-order valence-electron chi connectivity index (χ3n) is 3.64. The molecule has 0 atom stereocenters. The number of aryl methyl sites for hydroxylation is 1. The number of thioether (sulfide) groups is 1. The molecule has 1 aromatic carbocycles. The zero-order chi connectivity index (χ0) is 19.3. The Hall–Kier alpha value is -1.99. The van der Waals surface area contributed by atoms with Crippen molar-refractivity contribution >= 4 is 40.9 Å². The largest absolute Gasteiger partial charge is 0.350 e. The summed E-state index contributed by atoms with van der Waals surface area (Å²) in [7, 11) is 0. The summed E-state index contributed by atoms with van der Waals surface area (Å²) in [6, 6.07) is 5.27. The molecule has 0 radical (unpaired) electrons. The van der Waals surface area contributed by atoms with E-state index in [-0.39, 0.29) is 17.5 Å². The Morgan fingerprint density at radius 1 is 1.31 bits per heavy atom. The Balaban J connectivity index is 2.27. The molecule has 0 saturated carbocycles. The summed E-state index contributed by atoms with van der Waals surface area (Å²) in [4.78, 5) is 26.0. The van der Waals surface area contributed by atoms with E-state index in [1.807, 2.05) is 33.1 Å². The third kappa shape index (κ3) is 5.02. The van der Waals surface area contributed by atoms with Gasteiger partial charge in [0.15, 0.2) is 5.69 Å². The lowest BCUT2D eigenvalue weighted by molar-refractivity contribution is 0.0944. The van der Waals surface area contributed by atoms with Crippen LogP contribution >= 0.6 is 23.4 Å². The number of aromatic nitrogens is 2. The number of carbonyl (C=O) groups excluding carboxylic acids is 2. The molecule has 0 aliphatic rings. The Bertz CT molecular complexity index is 804. The molecule has 8 heteroatoms. The molecule has 0 aliphatic carbocycles. The molecule has 1 aromatic heterocycles. The van der Waals surface area contributed by atoms with Gasteiger partial charge in [-0.15, -0.1) is 11.8 Å². The summed E-state index contributed by atoms with van der Waals surface area (Å²) in [5, 5.41) is 10.2. The Morgan fingerprint density at radius 2 is 2.04 bits per heavy atom. The minimum Gasteiger partial charge on any atom is -0.350 e. The van der Waals surface area contributed by atoms with Gasteiger partial charge in [0.1, 0.15) is 0 Å². The van der Waals surface area contributed by atoms with Gasteiger partial charge < -0.3 is 10.6 Å². The van der Waals surface area contributed by atoms with Crippen molar-refractivity contribution < 1.29 is 9.59 Å². The van der Waals surface area contributed by atoms with Crippen molar-refractivity contribution in [1.82, 2.24) is 15.1 Å². The molecule has 0 unspecified atom stereocenters. The van der Waals surface area contributed by atoms with Gasteiger partial charge in [-0.05, 0) is 37.3 Å². The molecule has 0 fully saturated rings. The van der Waals surface area contributed by atoms with Crippen molar-refractivity contribution in [1.29, 1.82) is 0 Å². The van der Waals surface area contributed by atoms with Crippen LogP contribution in [0.15, 0.2) is 29.3 Å². The summed E-state index contributed by atoms with van der Waals surface area (Å²) in [5.41, 5.74) is 0.915. The summed E-state index contributed by atoms with van der Waals surface area (Å²) in [6.45, 7) is 7.05. The first-order chi connectivity index (χ1) is 12.3. The molecule has 140 valence electrons. The van der Waals surface area contributed by atoms with Gasteiger partial charge in [-0.25, -0.2) is 0 Å². The highest BCUT2D eigenvalue weighted by Crippen LogP contribution is 2.24. The van der Waals surface area contributed by atoms with Crippen molar-refractivity contribution in [2.45, 2.75) is 32.2 Å². The SMILES string of the molecule is CCn1cc(NC(=O)c2cc(SC)ccc2Cl)c(C(=O)NCC(C)C)n1. The highest BCUT2D eigenvalue weighted by Gasteiger charge is 2.20. The second kappa shape index (κ2) is 9.09. The van der Waals surface area contributed by atoms with Crippen molar-refractivity contribution in [2.24, 2.45) is 5.92 Å². The van der Waals surface area contributed by atoms with E-state index in [0.717, 1.165) is 4.90 Å². The van der Waals surface area contributed by atoms with Gasteiger partial charge in [0.2, 0.25) is 0 Å². The van der Waals surface area contributed by atoms with Crippen LogP contribution < -0.4 is 10.6 Å². The number of halogens is 1. The van der Waals surface area contributed by atoms with Gasteiger partial charge in [0, 0.05) is 24.2 Å². The summed E-state index contributed by atoms with van der Waals surface area (Å²) < 4.78 is 1.61. The molecule has 6 nitrogen and oxygen atoms in total. The molecule has 2 rings (SSSR count). The highest BCUT2D eigenvalue weighted by molar-refractivity contribution is 7.98. The average Bonchev–Trinajstić information content (AvgIpc) is 3.03. The molecule has 0 aliphatic heterocycles.